The second kappa shape index (κ2) is 8.97. The third-order valence-electron chi connectivity index (χ3n) is 1.85. The minimum atomic E-state index is 0.262. The van der Waals surface area contributed by atoms with Crippen molar-refractivity contribution in [3.8, 4) is 0 Å². The fourth-order valence-corrected chi connectivity index (χ4v) is 1.03. The SMILES string of the molecule is CCCC[C@H](CN)OCCNC. The summed E-state index contributed by atoms with van der Waals surface area (Å²) in [5.41, 5.74) is 5.55. The van der Waals surface area contributed by atoms with Crippen molar-refractivity contribution in [1.82, 2.24) is 5.32 Å². The van der Waals surface area contributed by atoms with Crippen molar-refractivity contribution in [2.24, 2.45) is 5.73 Å². The first-order chi connectivity index (χ1) is 5.85. The summed E-state index contributed by atoms with van der Waals surface area (Å²) in [6.07, 6.45) is 3.78. The number of hydrogen-bond donors (Lipinski definition) is 2. The van der Waals surface area contributed by atoms with Crippen LogP contribution in [0.2, 0.25) is 0 Å². The molecule has 0 amide bonds. The highest BCUT2D eigenvalue weighted by Gasteiger charge is 2.04. The molecule has 0 radical (unpaired) electrons. The zero-order valence-electron chi connectivity index (χ0n) is 8.31. The van der Waals surface area contributed by atoms with Crippen LogP contribution in [-0.4, -0.2) is 32.8 Å². The van der Waals surface area contributed by atoms with Crippen molar-refractivity contribution < 1.29 is 4.74 Å². The molecule has 3 nitrogen and oxygen atoms in total. The number of ether oxygens (including phenoxy) is 1. The van der Waals surface area contributed by atoms with Crippen LogP contribution < -0.4 is 11.1 Å². The first-order valence-corrected chi connectivity index (χ1v) is 4.81. The molecule has 12 heavy (non-hydrogen) atoms. The molecule has 0 fully saturated rings. The number of unbranched alkanes of at least 4 members (excludes halogenated alkanes) is 1. The van der Waals surface area contributed by atoms with Gasteiger partial charge in [-0.2, -0.15) is 0 Å². The maximum Gasteiger partial charge on any atom is 0.0697 e. The van der Waals surface area contributed by atoms with Crippen LogP contribution in [0, 0.1) is 0 Å². The lowest BCUT2D eigenvalue weighted by Crippen LogP contribution is -2.27. The molecule has 1 atom stereocenters. The first kappa shape index (κ1) is 11.9. The summed E-state index contributed by atoms with van der Waals surface area (Å²) in [6.45, 7) is 4.50. The van der Waals surface area contributed by atoms with Gasteiger partial charge in [-0.25, -0.2) is 0 Å². The largest absolute Gasteiger partial charge is 0.376 e. The predicted molar refractivity (Wildman–Crippen MR) is 52.2 cm³/mol. The molecule has 0 heterocycles. The van der Waals surface area contributed by atoms with Gasteiger partial charge in [0.05, 0.1) is 12.7 Å². The van der Waals surface area contributed by atoms with Crippen molar-refractivity contribution in [1.29, 1.82) is 0 Å². The van der Waals surface area contributed by atoms with Crippen LogP contribution in [0.25, 0.3) is 0 Å². The molecule has 0 aromatic carbocycles. The van der Waals surface area contributed by atoms with Gasteiger partial charge in [-0.1, -0.05) is 19.8 Å². The molecule has 0 aliphatic heterocycles. The average Bonchev–Trinajstić information content (AvgIpc) is 2.11. The highest BCUT2D eigenvalue weighted by molar-refractivity contribution is 4.58. The number of nitrogens with one attached hydrogen (secondary N) is 1. The van der Waals surface area contributed by atoms with Crippen LogP contribution in [0.1, 0.15) is 26.2 Å². The van der Waals surface area contributed by atoms with Gasteiger partial charge in [-0.3, -0.25) is 0 Å². The van der Waals surface area contributed by atoms with Crippen molar-refractivity contribution in [2.75, 3.05) is 26.7 Å². The van der Waals surface area contributed by atoms with Gasteiger partial charge in [0, 0.05) is 13.1 Å². The number of likely N-dealkylation sites (N-methyl/N-ethyl adjacent to an activating group) is 1. The smallest absolute Gasteiger partial charge is 0.0697 e. The van der Waals surface area contributed by atoms with Crippen LogP contribution in [0.5, 0.6) is 0 Å². The molecule has 0 bridgehead atoms. The molecular weight excluding hydrogens is 152 g/mol. The molecule has 0 rings (SSSR count). The third-order valence-corrected chi connectivity index (χ3v) is 1.85. The summed E-state index contributed by atoms with van der Waals surface area (Å²) in [7, 11) is 1.92. The van der Waals surface area contributed by atoms with Gasteiger partial charge in [0.25, 0.3) is 0 Å². The Balaban J connectivity index is 3.26. The highest BCUT2D eigenvalue weighted by atomic mass is 16.5. The summed E-state index contributed by atoms with van der Waals surface area (Å²) >= 11 is 0. The fourth-order valence-electron chi connectivity index (χ4n) is 1.03. The van der Waals surface area contributed by atoms with Gasteiger partial charge in [0.1, 0.15) is 0 Å². The van der Waals surface area contributed by atoms with Gasteiger partial charge < -0.3 is 15.8 Å². The Hall–Kier alpha value is -0.120. The molecule has 0 saturated heterocycles. The van der Waals surface area contributed by atoms with Gasteiger partial charge in [-0.05, 0) is 13.5 Å². The van der Waals surface area contributed by atoms with Crippen molar-refractivity contribution in [2.45, 2.75) is 32.3 Å². The summed E-state index contributed by atoms with van der Waals surface area (Å²) in [5.74, 6) is 0. The second-order valence-corrected chi connectivity index (χ2v) is 2.97. The van der Waals surface area contributed by atoms with E-state index in [-0.39, 0.29) is 6.10 Å². The molecule has 0 spiro atoms. The minimum Gasteiger partial charge on any atom is -0.376 e. The Morgan fingerprint density at radius 3 is 2.75 bits per heavy atom. The van der Waals surface area contributed by atoms with Crippen LogP contribution in [0.4, 0.5) is 0 Å². The van der Waals surface area contributed by atoms with E-state index in [1.807, 2.05) is 7.05 Å². The quantitative estimate of drug-likeness (QED) is 0.534. The number of nitrogens with two attached hydrogens (primary N) is 1. The van der Waals surface area contributed by atoms with E-state index in [1.165, 1.54) is 12.8 Å². The molecule has 3 N–H and O–H groups in total. The number of hydrogen-bond acceptors (Lipinski definition) is 3. The monoisotopic (exact) mass is 174 g/mol. The first-order valence-electron chi connectivity index (χ1n) is 4.81. The predicted octanol–water partition coefficient (Wildman–Crippen LogP) is 0.740. The van der Waals surface area contributed by atoms with Gasteiger partial charge >= 0.3 is 0 Å². The lowest BCUT2D eigenvalue weighted by molar-refractivity contribution is 0.0546. The van der Waals surface area contributed by atoms with E-state index in [1.54, 1.807) is 0 Å². The van der Waals surface area contributed by atoms with Crippen LogP contribution in [0.3, 0.4) is 0 Å². The van der Waals surface area contributed by atoms with Gasteiger partial charge in [0.2, 0.25) is 0 Å². The fraction of sp³-hybridized carbons (Fsp3) is 1.00. The minimum absolute atomic E-state index is 0.262. The third kappa shape index (κ3) is 6.58. The van der Waals surface area contributed by atoms with Crippen molar-refractivity contribution in [3.63, 3.8) is 0 Å². The molecular formula is C9H22N2O. The Bertz CT molecular complexity index is 88.6. The van der Waals surface area contributed by atoms with Crippen LogP contribution >= 0.6 is 0 Å². The lowest BCUT2D eigenvalue weighted by atomic mass is 10.1. The Morgan fingerprint density at radius 2 is 2.25 bits per heavy atom. The molecule has 3 heteroatoms. The van der Waals surface area contributed by atoms with Crippen LogP contribution in [-0.2, 0) is 4.74 Å². The second-order valence-electron chi connectivity index (χ2n) is 2.97. The van der Waals surface area contributed by atoms with Crippen molar-refractivity contribution >= 4 is 0 Å². The Morgan fingerprint density at radius 1 is 1.50 bits per heavy atom. The summed E-state index contributed by atoms with van der Waals surface area (Å²) < 4.78 is 5.55. The molecule has 0 aliphatic rings. The molecule has 0 aliphatic carbocycles. The van der Waals surface area contributed by atoms with E-state index in [2.05, 4.69) is 12.2 Å². The lowest BCUT2D eigenvalue weighted by Gasteiger charge is -2.15. The topological polar surface area (TPSA) is 47.3 Å². The molecule has 0 aromatic heterocycles. The van der Waals surface area contributed by atoms with E-state index in [0.29, 0.717) is 6.54 Å². The molecule has 0 saturated carbocycles. The van der Waals surface area contributed by atoms with E-state index < -0.39 is 0 Å². The van der Waals surface area contributed by atoms with E-state index >= 15 is 0 Å². The van der Waals surface area contributed by atoms with Gasteiger partial charge in [-0.15, -0.1) is 0 Å². The molecule has 74 valence electrons. The molecule has 0 aromatic rings. The maximum absolute atomic E-state index is 5.55. The van der Waals surface area contributed by atoms with Crippen molar-refractivity contribution in [3.05, 3.63) is 0 Å². The highest BCUT2D eigenvalue weighted by Crippen LogP contribution is 2.02. The average molecular weight is 174 g/mol. The normalized spacial score (nSPS) is 13.2. The van der Waals surface area contributed by atoms with Gasteiger partial charge in [0.15, 0.2) is 0 Å². The zero-order valence-corrected chi connectivity index (χ0v) is 8.31. The zero-order chi connectivity index (χ0) is 9.23. The standard InChI is InChI=1S/C9H22N2O/c1-3-4-5-9(8-10)12-7-6-11-2/h9,11H,3-8,10H2,1-2H3/t9-/m1/s1. The van der Waals surface area contributed by atoms with E-state index in [4.69, 9.17) is 10.5 Å². The van der Waals surface area contributed by atoms with E-state index in [0.717, 1.165) is 19.6 Å². The Labute approximate surface area is 75.7 Å². The van der Waals surface area contributed by atoms with Crippen LogP contribution in [0.15, 0.2) is 0 Å². The summed E-state index contributed by atoms with van der Waals surface area (Å²) in [6, 6.07) is 0. The molecule has 0 unspecified atom stereocenters. The summed E-state index contributed by atoms with van der Waals surface area (Å²) in [5, 5.41) is 3.04. The van der Waals surface area contributed by atoms with E-state index in [9.17, 15) is 0 Å². The summed E-state index contributed by atoms with van der Waals surface area (Å²) in [4.78, 5) is 0. The Kier molecular flexibility index (Phi) is 8.88. The maximum atomic E-state index is 5.55. The number of rotatable bonds is 8.